The Bertz CT molecular complexity index is 855. The molecule has 0 amide bonds. The van der Waals surface area contributed by atoms with Crippen molar-refractivity contribution in [1.29, 1.82) is 0 Å². The van der Waals surface area contributed by atoms with E-state index in [0.29, 0.717) is 18.9 Å². The minimum Gasteiger partial charge on any atom is -0.361 e. The third kappa shape index (κ3) is 7.01. The molecule has 1 aromatic rings. The number of ketones is 1. The molecule has 31 heavy (non-hydrogen) atoms. The Kier molecular flexibility index (Phi) is 7.97. The van der Waals surface area contributed by atoms with Crippen molar-refractivity contribution in [3.05, 3.63) is 17.5 Å². The van der Waals surface area contributed by atoms with Crippen LogP contribution in [-0.4, -0.2) is 55.5 Å². The van der Waals surface area contributed by atoms with Crippen molar-refractivity contribution in [2.24, 2.45) is 0 Å². The molecule has 1 fully saturated rings. The number of Topliss-reactive ketones (excluding diaryl/α,β-unsaturated/α-hetero) is 1. The quantitative estimate of drug-likeness (QED) is 0.515. The Hall–Kier alpha value is -1.46. The molecule has 1 aliphatic heterocycles. The first-order valence-corrected chi connectivity index (χ1v) is 11.8. The summed E-state index contributed by atoms with van der Waals surface area (Å²) in [4.78, 5) is 12.6. The Balaban J connectivity index is 2.00. The normalized spacial score (nSPS) is 18.9. The molecule has 2 rings (SSSR count). The van der Waals surface area contributed by atoms with Gasteiger partial charge in [0, 0.05) is 18.1 Å². The number of carbonyl (C=O) groups excluding carboxylic acids is 1. The molecule has 1 unspecified atom stereocenters. The summed E-state index contributed by atoms with van der Waals surface area (Å²) in [7, 11) is -4.32. The average Bonchev–Trinajstić information content (AvgIpc) is 3.14. The lowest BCUT2D eigenvalue weighted by Crippen LogP contribution is -2.43. The summed E-state index contributed by atoms with van der Waals surface area (Å²) in [5, 5.41) is 3.97. The molecule has 0 saturated carbocycles. The molecule has 0 aromatic carbocycles. The maximum Gasteiger partial charge on any atom is 0.390 e. The smallest absolute Gasteiger partial charge is 0.361 e. The van der Waals surface area contributed by atoms with Gasteiger partial charge >= 0.3 is 6.18 Å². The number of carbonyl (C=O) groups is 1. The molecule has 0 bridgehead atoms. The molecule has 1 saturated heterocycles. The van der Waals surface area contributed by atoms with Gasteiger partial charge in [-0.15, -0.1) is 0 Å². The third-order valence-electron chi connectivity index (χ3n) is 5.46. The summed E-state index contributed by atoms with van der Waals surface area (Å²) in [6.07, 6.45) is -3.95. The number of nitrogens with zero attached hydrogens (tertiary/aromatic N) is 1. The average molecular weight is 470 g/mol. The first-order chi connectivity index (χ1) is 14.1. The van der Waals surface area contributed by atoms with Gasteiger partial charge in [-0.2, -0.15) is 13.2 Å². The van der Waals surface area contributed by atoms with Crippen molar-refractivity contribution >= 4 is 15.6 Å². The number of hydrogen-bond donors (Lipinski definition) is 0. The highest BCUT2D eigenvalue weighted by molar-refractivity contribution is 7.93. The van der Waals surface area contributed by atoms with E-state index in [1.165, 1.54) is 0 Å². The summed E-state index contributed by atoms with van der Waals surface area (Å²) in [5.74, 6) is -1.77. The number of halogens is 3. The highest BCUT2D eigenvalue weighted by Crippen LogP contribution is 2.29. The lowest BCUT2D eigenvalue weighted by Gasteiger charge is -2.28. The Morgan fingerprint density at radius 3 is 2.48 bits per heavy atom. The van der Waals surface area contributed by atoms with Gasteiger partial charge in [-0.05, 0) is 33.1 Å². The van der Waals surface area contributed by atoms with E-state index in [2.05, 4.69) is 5.16 Å². The van der Waals surface area contributed by atoms with Gasteiger partial charge < -0.3 is 14.0 Å². The molecule has 1 aromatic heterocycles. The van der Waals surface area contributed by atoms with Crippen molar-refractivity contribution in [2.75, 3.05) is 19.0 Å². The lowest BCUT2D eigenvalue weighted by atomic mass is 9.90. The van der Waals surface area contributed by atoms with Crippen LogP contribution in [0, 0.1) is 0 Å². The lowest BCUT2D eigenvalue weighted by molar-refractivity contribution is -0.170. The molecular formula is C20H30F3NO6S. The second-order valence-electron chi connectivity index (χ2n) is 8.96. The fourth-order valence-corrected chi connectivity index (χ4v) is 4.41. The van der Waals surface area contributed by atoms with Crippen molar-refractivity contribution in [3.63, 3.8) is 0 Å². The van der Waals surface area contributed by atoms with Gasteiger partial charge in [-0.25, -0.2) is 8.42 Å². The van der Waals surface area contributed by atoms with E-state index in [4.69, 9.17) is 14.0 Å². The van der Waals surface area contributed by atoms with Crippen molar-refractivity contribution in [3.8, 4) is 0 Å². The maximum absolute atomic E-state index is 12.6. The van der Waals surface area contributed by atoms with E-state index in [1.807, 2.05) is 13.8 Å². The van der Waals surface area contributed by atoms with E-state index in [-0.39, 0.29) is 12.1 Å². The summed E-state index contributed by atoms with van der Waals surface area (Å²) in [5.41, 5.74) is -0.0382. The summed E-state index contributed by atoms with van der Waals surface area (Å²) in [6, 6.07) is 1.54. The van der Waals surface area contributed by atoms with Crippen LogP contribution in [0.25, 0.3) is 0 Å². The van der Waals surface area contributed by atoms with Gasteiger partial charge in [-0.3, -0.25) is 4.79 Å². The molecule has 1 aliphatic rings. The number of alkyl halides is 3. The number of hydrogen-bond acceptors (Lipinski definition) is 7. The highest BCUT2D eigenvalue weighted by Gasteiger charge is 2.43. The van der Waals surface area contributed by atoms with E-state index in [9.17, 15) is 26.4 Å². The first-order valence-electron chi connectivity index (χ1n) is 10.2. The monoisotopic (exact) mass is 469 g/mol. The van der Waals surface area contributed by atoms with E-state index >= 15 is 0 Å². The van der Waals surface area contributed by atoms with Crippen molar-refractivity contribution < 1.29 is 40.4 Å². The third-order valence-corrected chi connectivity index (χ3v) is 7.98. The van der Waals surface area contributed by atoms with Crippen molar-refractivity contribution in [1.82, 2.24) is 5.16 Å². The van der Waals surface area contributed by atoms with Crippen LogP contribution in [0.15, 0.2) is 10.6 Å². The van der Waals surface area contributed by atoms with E-state index in [0.717, 1.165) is 33.1 Å². The molecule has 1 atom stereocenters. The van der Waals surface area contributed by atoms with Crippen LogP contribution < -0.4 is 0 Å². The standard InChI is InChI=1S/C20H30F3NO6S/c1-18(2,13-29-17-7-5-6-9-28-17)15-11-14(30-24-15)12-16(25)19(3,4)31(26,27)10-8-20(21,22)23/h11,17H,5-10,12-13H2,1-4H3. The number of ether oxygens (including phenoxy) is 2. The minimum absolute atomic E-state index is 0.140. The Labute approximate surface area is 180 Å². The van der Waals surface area contributed by atoms with Crippen LogP contribution in [0.5, 0.6) is 0 Å². The van der Waals surface area contributed by atoms with Gasteiger partial charge in [0.1, 0.15) is 10.5 Å². The molecule has 2 heterocycles. The van der Waals surface area contributed by atoms with E-state index in [1.54, 1.807) is 6.07 Å². The molecule has 178 valence electrons. The number of rotatable bonds is 10. The van der Waals surface area contributed by atoms with Crippen LogP contribution in [0.1, 0.15) is 64.8 Å². The first kappa shape index (κ1) is 25.8. The van der Waals surface area contributed by atoms with Crippen LogP contribution in [0.2, 0.25) is 0 Å². The number of aromatic nitrogens is 1. The highest BCUT2D eigenvalue weighted by atomic mass is 32.2. The Morgan fingerprint density at radius 1 is 1.23 bits per heavy atom. The molecule has 0 N–H and O–H groups in total. The van der Waals surface area contributed by atoms with Gasteiger partial charge in [0.25, 0.3) is 0 Å². The zero-order valence-corrected chi connectivity index (χ0v) is 19.1. The Morgan fingerprint density at radius 2 is 1.90 bits per heavy atom. The SMILES string of the molecule is CC(C)(COC1CCCCO1)c1cc(CC(=O)C(C)(C)S(=O)(=O)CCC(F)(F)F)on1. The topological polar surface area (TPSA) is 95.7 Å². The predicted molar refractivity (Wildman–Crippen MR) is 106 cm³/mol. The fourth-order valence-electron chi connectivity index (χ4n) is 2.98. The van der Waals surface area contributed by atoms with Crippen molar-refractivity contribution in [2.45, 2.75) is 82.4 Å². The second kappa shape index (κ2) is 9.58. The summed E-state index contributed by atoms with van der Waals surface area (Å²) in [6.45, 7) is 6.94. The van der Waals surface area contributed by atoms with Crippen LogP contribution in [-0.2, 0) is 35.9 Å². The molecule has 0 radical (unpaired) electrons. The zero-order valence-electron chi connectivity index (χ0n) is 18.3. The summed E-state index contributed by atoms with van der Waals surface area (Å²) < 4.78 is 76.5. The number of sulfone groups is 1. The molecule has 7 nitrogen and oxygen atoms in total. The van der Waals surface area contributed by atoms with Crippen LogP contribution >= 0.6 is 0 Å². The predicted octanol–water partition coefficient (Wildman–Crippen LogP) is 3.75. The van der Waals surface area contributed by atoms with Gasteiger partial charge in [-0.1, -0.05) is 19.0 Å². The second-order valence-corrected chi connectivity index (χ2v) is 11.6. The van der Waals surface area contributed by atoms with Gasteiger partial charge in [0.15, 0.2) is 21.9 Å². The molecule has 0 aliphatic carbocycles. The fraction of sp³-hybridized carbons (Fsp3) is 0.800. The largest absolute Gasteiger partial charge is 0.390 e. The maximum atomic E-state index is 12.6. The molecular weight excluding hydrogens is 439 g/mol. The zero-order chi connectivity index (χ0) is 23.5. The summed E-state index contributed by atoms with van der Waals surface area (Å²) >= 11 is 0. The van der Waals surface area contributed by atoms with E-state index < -0.39 is 50.6 Å². The minimum atomic E-state index is -4.62. The molecule has 0 spiro atoms. The van der Waals surface area contributed by atoms with Gasteiger partial charge in [0.05, 0.1) is 30.9 Å². The molecule has 11 heteroatoms. The van der Waals surface area contributed by atoms with Gasteiger partial charge in [0.2, 0.25) is 0 Å². The van der Waals surface area contributed by atoms with Crippen LogP contribution in [0.3, 0.4) is 0 Å². The van der Waals surface area contributed by atoms with Crippen LogP contribution in [0.4, 0.5) is 13.2 Å².